The van der Waals surface area contributed by atoms with Gasteiger partial charge in [-0.05, 0) is 54.6 Å². The number of halogens is 2. The van der Waals surface area contributed by atoms with E-state index in [9.17, 15) is 8.78 Å². The van der Waals surface area contributed by atoms with Gasteiger partial charge in [-0.25, -0.2) is 23.6 Å². The van der Waals surface area contributed by atoms with Crippen LogP contribution in [-0.4, -0.2) is 52.6 Å². The molecule has 1 saturated heterocycles. The molecule has 0 unspecified atom stereocenters. The van der Waals surface area contributed by atoms with Crippen molar-refractivity contribution in [2.75, 3.05) is 37.6 Å². The first-order chi connectivity index (χ1) is 16.6. The molecule has 0 spiro atoms. The van der Waals surface area contributed by atoms with Gasteiger partial charge in [0.1, 0.15) is 11.6 Å². The van der Waals surface area contributed by atoms with Crippen molar-refractivity contribution in [2.24, 2.45) is 0 Å². The molecule has 5 rings (SSSR count). The number of aryl methyl sites for hydroxylation is 1. The van der Waals surface area contributed by atoms with E-state index in [1.54, 1.807) is 12.4 Å². The van der Waals surface area contributed by atoms with Gasteiger partial charge in [0, 0.05) is 67.5 Å². The molecule has 1 fully saturated rings. The molecular formula is C26H24F2N6. The average molecular weight is 459 g/mol. The predicted molar refractivity (Wildman–Crippen MR) is 129 cm³/mol. The van der Waals surface area contributed by atoms with Crippen molar-refractivity contribution in [1.82, 2.24) is 19.9 Å². The minimum absolute atomic E-state index is 0.290. The number of anilines is 1. The standard InChI is InChI=1S/C26H24F2N6/c1-29-21-5-7-25-23(14-21)18(15-30-25)3-2-8-33-9-11-34(12-10-33)26-31-16-19(17-32-26)22-6-4-20(27)13-24(22)28/h4-7,13-17,30H,2-3,8-12H2. The Balaban J connectivity index is 1.13. The Morgan fingerprint density at radius 2 is 1.79 bits per heavy atom. The number of rotatable bonds is 6. The highest BCUT2D eigenvalue weighted by molar-refractivity contribution is 5.86. The number of H-pyrrole nitrogens is 1. The summed E-state index contributed by atoms with van der Waals surface area (Å²) >= 11 is 0. The van der Waals surface area contributed by atoms with Crippen LogP contribution in [0.15, 0.2) is 55.0 Å². The molecule has 0 aliphatic carbocycles. The van der Waals surface area contributed by atoms with E-state index in [4.69, 9.17) is 6.57 Å². The van der Waals surface area contributed by atoms with Gasteiger partial charge in [0.15, 0.2) is 5.69 Å². The number of nitrogens with one attached hydrogen (secondary N) is 1. The van der Waals surface area contributed by atoms with Gasteiger partial charge in [-0.2, -0.15) is 0 Å². The molecule has 1 aliphatic rings. The SMILES string of the molecule is [C-]#[N+]c1ccc2[nH]cc(CCCN3CCN(c4ncc(-c5ccc(F)cc5F)cn4)CC3)c2c1. The van der Waals surface area contributed by atoms with E-state index in [0.717, 1.165) is 62.5 Å². The van der Waals surface area contributed by atoms with Crippen LogP contribution in [0.2, 0.25) is 0 Å². The van der Waals surface area contributed by atoms with Gasteiger partial charge in [0.2, 0.25) is 5.95 Å². The third-order valence-corrected chi connectivity index (χ3v) is 6.34. The van der Waals surface area contributed by atoms with Gasteiger partial charge in [0.25, 0.3) is 0 Å². The first-order valence-electron chi connectivity index (χ1n) is 11.3. The molecular weight excluding hydrogens is 434 g/mol. The van der Waals surface area contributed by atoms with Crippen molar-refractivity contribution in [3.8, 4) is 11.1 Å². The van der Waals surface area contributed by atoms with Crippen LogP contribution in [0.3, 0.4) is 0 Å². The summed E-state index contributed by atoms with van der Waals surface area (Å²) in [5, 5.41) is 1.14. The second kappa shape index (κ2) is 9.57. The molecule has 6 nitrogen and oxygen atoms in total. The summed E-state index contributed by atoms with van der Waals surface area (Å²) in [6.07, 6.45) is 7.24. The summed E-state index contributed by atoms with van der Waals surface area (Å²) in [4.78, 5) is 20.2. The Morgan fingerprint density at radius 3 is 2.53 bits per heavy atom. The van der Waals surface area contributed by atoms with Gasteiger partial charge in [-0.3, -0.25) is 4.90 Å². The lowest BCUT2D eigenvalue weighted by molar-refractivity contribution is 0.254. The van der Waals surface area contributed by atoms with Crippen LogP contribution in [0.5, 0.6) is 0 Å². The number of aromatic amines is 1. The second-order valence-electron chi connectivity index (χ2n) is 8.48. The first kappa shape index (κ1) is 22.0. The Bertz CT molecular complexity index is 1330. The summed E-state index contributed by atoms with van der Waals surface area (Å²) < 4.78 is 27.2. The molecule has 1 aliphatic heterocycles. The molecule has 0 saturated carbocycles. The topological polar surface area (TPSA) is 52.4 Å². The van der Waals surface area contributed by atoms with Gasteiger partial charge in [-0.1, -0.05) is 6.07 Å². The highest BCUT2D eigenvalue weighted by Crippen LogP contribution is 2.26. The zero-order valence-electron chi connectivity index (χ0n) is 18.6. The van der Waals surface area contributed by atoms with E-state index in [-0.39, 0.29) is 0 Å². The largest absolute Gasteiger partial charge is 0.361 e. The van der Waals surface area contributed by atoms with Crippen LogP contribution in [0.1, 0.15) is 12.0 Å². The van der Waals surface area contributed by atoms with Crippen LogP contribution in [-0.2, 0) is 6.42 Å². The summed E-state index contributed by atoms with van der Waals surface area (Å²) in [6, 6.07) is 9.27. The highest BCUT2D eigenvalue weighted by atomic mass is 19.1. The molecule has 0 radical (unpaired) electrons. The lowest BCUT2D eigenvalue weighted by atomic mass is 10.1. The van der Waals surface area contributed by atoms with E-state index >= 15 is 0 Å². The van der Waals surface area contributed by atoms with Crippen LogP contribution in [0, 0.1) is 18.2 Å². The fourth-order valence-electron chi connectivity index (χ4n) is 4.45. The van der Waals surface area contributed by atoms with Gasteiger partial charge < -0.3 is 9.88 Å². The molecule has 0 atom stereocenters. The fraction of sp³-hybridized carbons (Fsp3) is 0.269. The fourth-order valence-corrected chi connectivity index (χ4v) is 4.45. The Morgan fingerprint density at radius 1 is 1.00 bits per heavy atom. The van der Waals surface area contributed by atoms with Gasteiger partial charge in [0.05, 0.1) is 6.57 Å². The zero-order chi connectivity index (χ0) is 23.5. The number of hydrogen-bond acceptors (Lipinski definition) is 4. The number of aromatic nitrogens is 3. The van der Waals surface area contributed by atoms with E-state index in [2.05, 4.69) is 35.8 Å². The van der Waals surface area contributed by atoms with E-state index in [1.807, 2.05) is 18.2 Å². The van der Waals surface area contributed by atoms with Crippen LogP contribution < -0.4 is 4.90 Å². The molecule has 172 valence electrons. The number of piperazine rings is 1. The Kier molecular flexibility index (Phi) is 6.19. The maximum Gasteiger partial charge on any atom is 0.225 e. The van der Waals surface area contributed by atoms with Crippen molar-refractivity contribution in [3.05, 3.63) is 83.6 Å². The maximum absolute atomic E-state index is 14.0. The van der Waals surface area contributed by atoms with Gasteiger partial charge in [-0.15, -0.1) is 0 Å². The van der Waals surface area contributed by atoms with E-state index in [0.29, 0.717) is 22.8 Å². The first-order valence-corrected chi connectivity index (χ1v) is 11.3. The van der Waals surface area contributed by atoms with Crippen molar-refractivity contribution in [2.45, 2.75) is 12.8 Å². The molecule has 0 bridgehead atoms. The van der Waals surface area contributed by atoms with Crippen LogP contribution in [0.4, 0.5) is 20.4 Å². The van der Waals surface area contributed by atoms with E-state index in [1.165, 1.54) is 17.7 Å². The van der Waals surface area contributed by atoms with Crippen molar-refractivity contribution in [3.63, 3.8) is 0 Å². The Labute approximate surface area is 196 Å². The lowest BCUT2D eigenvalue weighted by Crippen LogP contribution is -2.47. The minimum atomic E-state index is -0.621. The molecule has 4 aromatic rings. The summed E-state index contributed by atoms with van der Waals surface area (Å²) in [5.41, 5.74) is 3.82. The van der Waals surface area contributed by atoms with E-state index < -0.39 is 11.6 Å². The monoisotopic (exact) mass is 458 g/mol. The van der Waals surface area contributed by atoms with Crippen molar-refractivity contribution >= 4 is 22.5 Å². The molecule has 3 heterocycles. The third-order valence-electron chi connectivity index (χ3n) is 6.34. The summed E-state index contributed by atoms with van der Waals surface area (Å²) in [7, 11) is 0. The molecule has 0 amide bonds. The average Bonchev–Trinajstić information content (AvgIpc) is 3.27. The highest BCUT2D eigenvalue weighted by Gasteiger charge is 2.19. The Hall–Kier alpha value is -3.83. The smallest absolute Gasteiger partial charge is 0.225 e. The van der Waals surface area contributed by atoms with Crippen LogP contribution in [0.25, 0.3) is 26.9 Å². The number of nitrogens with zero attached hydrogens (tertiary/aromatic N) is 5. The molecule has 34 heavy (non-hydrogen) atoms. The maximum atomic E-state index is 14.0. The predicted octanol–water partition coefficient (Wildman–Crippen LogP) is 5.21. The van der Waals surface area contributed by atoms with Crippen LogP contribution >= 0.6 is 0 Å². The minimum Gasteiger partial charge on any atom is -0.361 e. The zero-order valence-corrected chi connectivity index (χ0v) is 18.6. The summed E-state index contributed by atoms with van der Waals surface area (Å²) in [5.74, 6) is -0.600. The second-order valence-corrected chi connectivity index (χ2v) is 8.48. The quantitative estimate of drug-likeness (QED) is 0.403. The molecule has 1 N–H and O–H groups in total. The lowest BCUT2D eigenvalue weighted by Gasteiger charge is -2.34. The number of benzene rings is 2. The molecule has 8 heteroatoms. The third kappa shape index (κ3) is 4.61. The number of fused-ring (bicyclic) bond motifs is 1. The number of hydrogen-bond donors (Lipinski definition) is 1. The van der Waals surface area contributed by atoms with Crippen molar-refractivity contribution in [1.29, 1.82) is 0 Å². The van der Waals surface area contributed by atoms with Gasteiger partial charge >= 0.3 is 0 Å². The molecule has 2 aromatic carbocycles. The normalized spacial score (nSPS) is 14.4. The van der Waals surface area contributed by atoms with Crippen molar-refractivity contribution < 1.29 is 8.78 Å². The molecule has 2 aromatic heterocycles. The summed E-state index contributed by atoms with van der Waals surface area (Å²) in [6.45, 7) is 11.7.